The van der Waals surface area contributed by atoms with Crippen molar-refractivity contribution in [1.29, 1.82) is 0 Å². The van der Waals surface area contributed by atoms with Crippen molar-refractivity contribution in [2.75, 3.05) is 24.2 Å². The fourth-order valence-corrected chi connectivity index (χ4v) is 4.43. The molecule has 9 heteroatoms. The highest BCUT2D eigenvalue weighted by molar-refractivity contribution is 7.92. The Morgan fingerprint density at radius 2 is 1.73 bits per heavy atom. The molecule has 0 saturated carbocycles. The molecule has 2 aromatic rings. The van der Waals surface area contributed by atoms with Crippen molar-refractivity contribution in [3.05, 3.63) is 65.2 Å². The van der Waals surface area contributed by atoms with Crippen molar-refractivity contribution < 1.29 is 22.8 Å². The van der Waals surface area contributed by atoms with Crippen LogP contribution >= 0.6 is 0 Å². The molecule has 0 aliphatic heterocycles. The third-order valence-corrected chi connectivity index (χ3v) is 6.43. The number of ketones is 1. The number of nitrogens with zero attached hydrogens (tertiary/aromatic N) is 2. The number of anilines is 1. The van der Waals surface area contributed by atoms with Gasteiger partial charge in [-0.3, -0.25) is 18.7 Å². The summed E-state index contributed by atoms with van der Waals surface area (Å²) in [5, 5.41) is 2.58. The number of rotatable bonds is 10. The van der Waals surface area contributed by atoms with Gasteiger partial charge in [-0.2, -0.15) is 0 Å². The van der Waals surface area contributed by atoms with Gasteiger partial charge in [-0.15, -0.1) is 0 Å². The molecule has 1 unspecified atom stereocenters. The van der Waals surface area contributed by atoms with Crippen LogP contribution in [0.4, 0.5) is 5.69 Å². The lowest BCUT2D eigenvalue weighted by Gasteiger charge is -2.32. The zero-order valence-electron chi connectivity index (χ0n) is 19.7. The van der Waals surface area contributed by atoms with Crippen LogP contribution in [0.1, 0.15) is 41.8 Å². The van der Waals surface area contributed by atoms with Crippen molar-refractivity contribution in [1.82, 2.24) is 10.2 Å². The highest BCUT2D eigenvalue weighted by Gasteiger charge is 2.31. The Bertz CT molecular complexity index is 1130. The molecule has 0 saturated heterocycles. The number of likely N-dealkylation sites (N-methyl/N-ethyl adjacent to an activating group) is 1. The Labute approximate surface area is 195 Å². The first-order valence-electron chi connectivity index (χ1n) is 10.6. The summed E-state index contributed by atoms with van der Waals surface area (Å²) in [7, 11) is -2.36. The van der Waals surface area contributed by atoms with E-state index in [1.165, 1.54) is 31.0 Å². The fourth-order valence-electron chi connectivity index (χ4n) is 3.59. The molecule has 1 atom stereocenters. The molecular formula is C24H31N3O5S. The van der Waals surface area contributed by atoms with Crippen molar-refractivity contribution in [2.45, 2.75) is 39.8 Å². The van der Waals surface area contributed by atoms with E-state index < -0.39 is 28.5 Å². The first kappa shape index (κ1) is 26.1. The molecule has 8 nitrogen and oxygen atoms in total. The molecule has 2 amide bonds. The van der Waals surface area contributed by atoms with E-state index in [1.807, 2.05) is 31.2 Å². The van der Waals surface area contributed by atoms with E-state index in [4.69, 9.17) is 0 Å². The maximum Gasteiger partial charge on any atom is 0.244 e. The summed E-state index contributed by atoms with van der Waals surface area (Å²) in [6.07, 6.45) is 1.36. The van der Waals surface area contributed by atoms with Crippen LogP contribution in [0.2, 0.25) is 0 Å². The topological polar surface area (TPSA) is 104 Å². The number of hydrogen-bond acceptors (Lipinski definition) is 5. The Hall–Kier alpha value is -3.20. The Morgan fingerprint density at radius 1 is 1.06 bits per heavy atom. The molecule has 2 aromatic carbocycles. The highest BCUT2D eigenvalue weighted by atomic mass is 32.2. The van der Waals surface area contributed by atoms with Crippen LogP contribution in [-0.4, -0.2) is 56.8 Å². The Morgan fingerprint density at radius 3 is 2.27 bits per heavy atom. The van der Waals surface area contributed by atoms with Crippen molar-refractivity contribution >= 4 is 33.3 Å². The molecule has 0 aromatic heterocycles. The molecule has 2 rings (SSSR count). The van der Waals surface area contributed by atoms with Gasteiger partial charge >= 0.3 is 0 Å². The molecule has 33 heavy (non-hydrogen) atoms. The third-order valence-electron chi connectivity index (χ3n) is 5.29. The normalized spacial score (nSPS) is 12.0. The highest BCUT2D eigenvalue weighted by Crippen LogP contribution is 2.21. The number of Topliss-reactive ketones (excluding diaryl/α,β-unsaturated/α-hetero) is 1. The minimum atomic E-state index is -3.85. The predicted molar refractivity (Wildman–Crippen MR) is 129 cm³/mol. The van der Waals surface area contributed by atoms with Crippen LogP contribution in [0.15, 0.2) is 48.5 Å². The number of sulfonamides is 1. The predicted octanol–water partition coefficient (Wildman–Crippen LogP) is 2.52. The van der Waals surface area contributed by atoms with Gasteiger partial charge in [0.1, 0.15) is 12.6 Å². The van der Waals surface area contributed by atoms with Gasteiger partial charge in [-0.25, -0.2) is 8.42 Å². The molecule has 178 valence electrons. The maximum absolute atomic E-state index is 13.5. The van der Waals surface area contributed by atoms with Gasteiger partial charge in [-0.05, 0) is 38.0 Å². The second-order valence-electron chi connectivity index (χ2n) is 7.93. The quantitative estimate of drug-likeness (QED) is 0.534. The molecule has 0 radical (unpaired) electrons. The molecule has 1 N–H and O–H groups in total. The smallest absolute Gasteiger partial charge is 0.244 e. The lowest BCUT2D eigenvalue weighted by atomic mass is 10.1. The Kier molecular flexibility index (Phi) is 8.76. The summed E-state index contributed by atoms with van der Waals surface area (Å²) >= 11 is 0. The molecule has 0 heterocycles. The first-order chi connectivity index (χ1) is 15.5. The average Bonchev–Trinajstić information content (AvgIpc) is 2.76. The van der Waals surface area contributed by atoms with Crippen molar-refractivity contribution in [2.24, 2.45) is 0 Å². The van der Waals surface area contributed by atoms with Gasteiger partial charge in [0.15, 0.2) is 5.78 Å². The first-order valence-corrected chi connectivity index (χ1v) is 12.5. The molecule has 0 spiro atoms. The molecule has 0 aliphatic carbocycles. The zero-order valence-corrected chi connectivity index (χ0v) is 20.5. The largest absolute Gasteiger partial charge is 0.357 e. The maximum atomic E-state index is 13.5. The van der Waals surface area contributed by atoms with E-state index in [0.717, 1.165) is 21.7 Å². The fraction of sp³-hybridized carbons (Fsp3) is 0.375. The number of nitrogens with one attached hydrogen (secondary N) is 1. The van der Waals surface area contributed by atoms with Gasteiger partial charge < -0.3 is 10.2 Å². The lowest BCUT2D eigenvalue weighted by Crippen LogP contribution is -2.51. The van der Waals surface area contributed by atoms with E-state index in [-0.39, 0.29) is 23.9 Å². The van der Waals surface area contributed by atoms with Gasteiger partial charge in [0.05, 0.1) is 11.9 Å². The summed E-state index contributed by atoms with van der Waals surface area (Å²) in [5.74, 6) is -1.07. The van der Waals surface area contributed by atoms with E-state index in [9.17, 15) is 22.8 Å². The number of aryl methyl sites for hydroxylation is 1. The van der Waals surface area contributed by atoms with E-state index >= 15 is 0 Å². The number of benzene rings is 2. The summed E-state index contributed by atoms with van der Waals surface area (Å²) < 4.78 is 26.1. The van der Waals surface area contributed by atoms with Gasteiger partial charge in [0, 0.05) is 19.2 Å². The van der Waals surface area contributed by atoms with E-state index in [1.54, 1.807) is 19.1 Å². The SMILES string of the molecule is CCC(C(=O)NC)N(Cc1cccc(C)c1)C(=O)CN(c1cccc(C(C)=O)c1)S(C)(=O)=O. The second-order valence-corrected chi connectivity index (χ2v) is 9.83. The van der Waals surface area contributed by atoms with Gasteiger partial charge in [0.25, 0.3) is 0 Å². The molecule has 0 aliphatic rings. The Balaban J connectivity index is 2.46. The van der Waals surface area contributed by atoms with Crippen molar-refractivity contribution in [3.8, 4) is 0 Å². The molecule has 0 bridgehead atoms. The minimum Gasteiger partial charge on any atom is -0.357 e. The van der Waals surface area contributed by atoms with Crippen LogP contribution in [0.5, 0.6) is 0 Å². The summed E-state index contributed by atoms with van der Waals surface area (Å²) in [5.41, 5.74) is 2.38. The van der Waals surface area contributed by atoms with Gasteiger partial charge in [-0.1, -0.05) is 48.9 Å². The van der Waals surface area contributed by atoms with Crippen molar-refractivity contribution in [3.63, 3.8) is 0 Å². The minimum absolute atomic E-state index is 0.150. The molecular weight excluding hydrogens is 442 g/mol. The van der Waals surface area contributed by atoms with Gasteiger partial charge in [0.2, 0.25) is 21.8 Å². The number of carbonyl (C=O) groups excluding carboxylic acids is 3. The third kappa shape index (κ3) is 6.89. The second kappa shape index (κ2) is 11.1. The van der Waals surface area contributed by atoms with Crippen LogP contribution in [-0.2, 0) is 26.2 Å². The standard InChI is InChI=1S/C24H31N3O5S/c1-6-22(24(30)25-4)26(15-19-10-7-9-17(2)13-19)23(29)16-27(33(5,31)32)21-12-8-11-20(14-21)18(3)28/h7-14,22H,6,15-16H2,1-5H3,(H,25,30). The number of carbonyl (C=O) groups is 3. The number of amides is 2. The van der Waals surface area contributed by atoms with E-state index in [2.05, 4.69) is 5.32 Å². The summed E-state index contributed by atoms with van der Waals surface area (Å²) in [6.45, 7) is 4.76. The monoisotopic (exact) mass is 473 g/mol. The van der Waals surface area contributed by atoms with Crippen LogP contribution in [0, 0.1) is 6.92 Å². The molecule has 0 fully saturated rings. The van der Waals surface area contributed by atoms with E-state index in [0.29, 0.717) is 12.0 Å². The number of hydrogen-bond donors (Lipinski definition) is 1. The summed E-state index contributed by atoms with van der Waals surface area (Å²) in [4.78, 5) is 39.2. The van der Waals surface area contributed by atoms with Crippen LogP contribution in [0.25, 0.3) is 0 Å². The average molecular weight is 474 g/mol. The van der Waals surface area contributed by atoms with Crippen LogP contribution < -0.4 is 9.62 Å². The van der Waals surface area contributed by atoms with Crippen LogP contribution in [0.3, 0.4) is 0 Å². The lowest BCUT2D eigenvalue weighted by molar-refractivity contribution is -0.140. The summed E-state index contributed by atoms with van der Waals surface area (Å²) in [6, 6.07) is 12.9. The zero-order chi connectivity index (χ0) is 24.8.